The van der Waals surface area contributed by atoms with Crippen molar-refractivity contribution in [2.24, 2.45) is 0 Å². The zero-order chi connectivity index (χ0) is 25.2. The Labute approximate surface area is 215 Å². The number of anilines is 1. The van der Waals surface area contributed by atoms with Crippen molar-refractivity contribution < 1.29 is 27.0 Å². The third kappa shape index (κ3) is 5.85. The summed E-state index contributed by atoms with van der Waals surface area (Å²) in [5, 5.41) is 5.85. The molecule has 2 aromatic heterocycles. The van der Waals surface area contributed by atoms with Crippen molar-refractivity contribution in [1.82, 2.24) is 19.5 Å². The summed E-state index contributed by atoms with van der Waals surface area (Å²) in [6.07, 6.45) is -3.57. The van der Waals surface area contributed by atoms with Crippen LogP contribution in [0.1, 0.15) is 33.5 Å². The number of nitrogens with zero attached hydrogens (tertiary/aromatic N) is 3. The lowest BCUT2D eigenvalue weighted by Gasteiger charge is -2.14. The van der Waals surface area contributed by atoms with E-state index in [9.17, 15) is 27.0 Å². The van der Waals surface area contributed by atoms with Gasteiger partial charge in [-0.15, -0.1) is 0 Å². The van der Waals surface area contributed by atoms with Gasteiger partial charge in [-0.05, 0) is 40.2 Å². The van der Waals surface area contributed by atoms with E-state index in [4.69, 9.17) is 11.6 Å². The minimum Gasteiger partial charge on any atom is -0.319 e. The number of carbonyl (C=O) groups is 2. The number of carbonyl (C=O) groups excluding carboxylic acids is 2. The molecule has 0 bridgehead atoms. The number of hydrogen-bond donors (Lipinski definition) is 2. The van der Waals surface area contributed by atoms with E-state index < -0.39 is 40.4 Å². The maximum absolute atomic E-state index is 13.4. The molecule has 0 saturated carbocycles. The number of aromatic nitrogens is 3. The van der Waals surface area contributed by atoms with E-state index in [1.807, 2.05) is 0 Å². The number of benzene rings is 1. The zero-order valence-corrected chi connectivity index (χ0v) is 21.7. The van der Waals surface area contributed by atoms with Gasteiger partial charge < -0.3 is 5.32 Å². The minimum absolute atomic E-state index is 0.0414. The monoisotopic (exact) mass is 641 g/mol. The fraction of sp³-hybridized carbons (Fsp3) is 0.158. The smallest absolute Gasteiger partial charge is 0.319 e. The van der Waals surface area contributed by atoms with E-state index in [1.54, 1.807) is 6.92 Å². The molecule has 1 atom stereocenters. The van der Waals surface area contributed by atoms with Crippen molar-refractivity contribution in [3.05, 3.63) is 67.4 Å². The van der Waals surface area contributed by atoms with Crippen LogP contribution in [-0.4, -0.2) is 36.5 Å². The summed E-state index contributed by atoms with van der Waals surface area (Å²) in [4.78, 5) is 29.7. The second kappa shape index (κ2) is 10.5. The number of pyridine rings is 1. The number of amides is 2. The van der Waals surface area contributed by atoms with Crippen molar-refractivity contribution in [2.75, 3.05) is 11.1 Å². The molecule has 34 heavy (non-hydrogen) atoms. The highest BCUT2D eigenvalue weighted by molar-refractivity contribution is 9.11. The maximum Gasteiger partial charge on any atom is 0.435 e. The molecular weight excluding hydrogens is 631 g/mol. The van der Waals surface area contributed by atoms with Gasteiger partial charge in [0, 0.05) is 27.0 Å². The quantitative estimate of drug-likeness (QED) is 0.388. The van der Waals surface area contributed by atoms with E-state index in [0.717, 1.165) is 0 Å². The summed E-state index contributed by atoms with van der Waals surface area (Å²) in [6, 6.07) is 6.25. The van der Waals surface area contributed by atoms with Gasteiger partial charge >= 0.3 is 6.18 Å². The van der Waals surface area contributed by atoms with Crippen LogP contribution in [-0.2, 0) is 17.2 Å². The molecule has 0 aliphatic carbocycles. The lowest BCUT2D eigenvalue weighted by Crippen LogP contribution is -2.28. The molecule has 0 spiro atoms. The number of rotatable bonds is 6. The van der Waals surface area contributed by atoms with E-state index in [-0.39, 0.29) is 32.3 Å². The third-order valence-corrected chi connectivity index (χ3v) is 6.49. The molecule has 0 fully saturated rings. The van der Waals surface area contributed by atoms with Gasteiger partial charge in [-0.2, -0.15) is 18.3 Å². The second-order valence-electron chi connectivity index (χ2n) is 6.46. The standard InChI is InChI=1S/C19H13Br2ClF3N5O3S/c1-2-34(33)29-17(31)10-6-9(20)7-11(21)15(10)27-18(32)13-8-14(19(23,24)25)28-30(13)16-12(22)4-3-5-26-16/h3-8H,2H2,1H3,(H,27,32)(H,29,31). The lowest BCUT2D eigenvalue weighted by atomic mass is 10.1. The van der Waals surface area contributed by atoms with Gasteiger partial charge in [0.05, 0.1) is 16.3 Å². The molecule has 3 rings (SSSR count). The van der Waals surface area contributed by atoms with Gasteiger partial charge in [0.15, 0.2) is 11.5 Å². The highest BCUT2D eigenvalue weighted by Gasteiger charge is 2.37. The Morgan fingerprint density at radius 2 is 1.91 bits per heavy atom. The van der Waals surface area contributed by atoms with Crippen LogP contribution in [0, 0.1) is 0 Å². The van der Waals surface area contributed by atoms with Crippen LogP contribution >= 0.6 is 43.5 Å². The number of nitrogens with one attached hydrogen (secondary N) is 2. The molecule has 180 valence electrons. The van der Waals surface area contributed by atoms with Crippen molar-refractivity contribution in [3.8, 4) is 5.82 Å². The molecule has 15 heteroatoms. The molecule has 3 aromatic rings. The molecule has 2 heterocycles. The Balaban J connectivity index is 2.09. The first kappa shape index (κ1) is 26.3. The minimum atomic E-state index is -4.85. The van der Waals surface area contributed by atoms with Crippen LogP contribution in [0.25, 0.3) is 5.82 Å². The first-order valence-electron chi connectivity index (χ1n) is 9.20. The molecule has 0 saturated heterocycles. The summed E-state index contributed by atoms with van der Waals surface area (Å²) in [7, 11) is -1.67. The number of hydrogen-bond acceptors (Lipinski definition) is 5. The zero-order valence-electron chi connectivity index (χ0n) is 16.9. The first-order chi connectivity index (χ1) is 15.9. The number of halogens is 6. The third-order valence-electron chi connectivity index (χ3n) is 4.18. The normalized spacial score (nSPS) is 12.3. The SMILES string of the molecule is CCS(=O)NC(=O)c1cc(Br)cc(Br)c1NC(=O)c1cc(C(F)(F)F)nn1-c1ncccc1Cl. The second-order valence-corrected chi connectivity index (χ2v) is 10.1. The summed E-state index contributed by atoms with van der Waals surface area (Å²) < 4.78 is 55.5. The van der Waals surface area contributed by atoms with Gasteiger partial charge in [0.25, 0.3) is 11.8 Å². The lowest BCUT2D eigenvalue weighted by molar-refractivity contribution is -0.141. The largest absolute Gasteiger partial charge is 0.435 e. The van der Waals surface area contributed by atoms with E-state index in [0.29, 0.717) is 15.2 Å². The van der Waals surface area contributed by atoms with Gasteiger partial charge in [-0.3, -0.25) is 14.3 Å². The highest BCUT2D eigenvalue weighted by atomic mass is 79.9. The summed E-state index contributed by atoms with van der Waals surface area (Å²) in [5.41, 5.74) is -2.03. The van der Waals surface area contributed by atoms with Crippen LogP contribution in [0.3, 0.4) is 0 Å². The van der Waals surface area contributed by atoms with Crippen LogP contribution in [0.5, 0.6) is 0 Å². The van der Waals surface area contributed by atoms with Gasteiger partial charge in [-0.1, -0.05) is 34.5 Å². The Morgan fingerprint density at radius 1 is 1.21 bits per heavy atom. The van der Waals surface area contributed by atoms with Crippen molar-refractivity contribution in [2.45, 2.75) is 13.1 Å². The van der Waals surface area contributed by atoms with Crippen molar-refractivity contribution in [3.63, 3.8) is 0 Å². The van der Waals surface area contributed by atoms with E-state index in [1.165, 1.54) is 30.5 Å². The maximum atomic E-state index is 13.4. The van der Waals surface area contributed by atoms with Gasteiger partial charge in [0.2, 0.25) is 0 Å². The predicted molar refractivity (Wildman–Crippen MR) is 127 cm³/mol. The van der Waals surface area contributed by atoms with Crippen LogP contribution < -0.4 is 10.0 Å². The molecule has 0 radical (unpaired) electrons. The number of alkyl halides is 3. The molecule has 0 aliphatic rings. The van der Waals surface area contributed by atoms with Gasteiger partial charge in [-0.25, -0.2) is 13.9 Å². The molecule has 0 aliphatic heterocycles. The molecule has 2 N–H and O–H groups in total. The first-order valence-corrected chi connectivity index (χ1v) is 12.5. The Kier molecular flexibility index (Phi) is 8.16. The molecule has 8 nitrogen and oxygen atoms in total. The molecule has 2 amide bonds. The summed E-state index contributed by atoms with van der Waals surface area (Å²) in [6.45, 7) is 1.60. The molecular formula is C19H13Br2ClF3N5O3S. The highest BCUT2D eigenvalue weighted by Crippen LogP contribution is 2.33. The van der Waals surface area contributed by atoms with Crippen LogP contribution in [0.15, 0.2) is 45.5 Å². The van der Waals surface area contributed by atoms with E-state index in [2.05, 4.69) is 52.0 Å². The average molecular weight is 644 g/mol. The Bertz CT molecular complexity index is 1300. The fourth-order valence-electron chi connectivity index (χ4n) is 2.66. The summed E-state index contributed by atoms with van der Waals surface area (Å²) in [5.74, 6) is -1.85. The fourth-order valence-corrected chi connectivity index (χ4v) is 4.65. The Hall–Kier alpha value is -2.29. The van der Waals surface area contributed by atoms with Crippen molar-refractivity contribution >= 4 is 71.9 Å². The van der Waals surface area contributed by atoms with Crippen LogP contribution in [0.4, 0.5) is 18.9 Å². The Morgan fingerprint density at radius 3 is 2.53 bits per heavy atom. The topological polar surface area (TPSA) is 106 Å². The average Bonchev–Trinajstić information content (AvgIpc) is 3.21. The van der Waals surface area contributed by atoms with Crippen LogP contribution in [0.2, 0.25) is 5.02 Å². The molecule has 1 unspecified atom stereocenters. The molecule has 1 aromatic carbocycles. The predicted octanol–water partition coefficient (Wildman–Crippen LogP) is 5.13. The van der Waals surface area contributed by atoms with E-state index >= 15 is 0 Å². The summed E-state index contributed by atoms with van der Waals surface area (Å²) >= 11 is 12.5. The van der Waals surface area contributed by atoms with Crippen molar-refractivity contribution in [1.29, 1.82) is 0 Å². The van der Waals surface area contributed by atoms with Gasteiger partial charge in [0.1, 0.15) is 16.7 Å².